The smallest absolute Gasteiger partial charge is 0.226 e. The van der Waals surface area contributed by atoms with Crippen molar-refractivity contribution in [3.05, 3.63) is 18.5 Å². The molecule has 0 spiro atoms. The molecule has 2 aromatic rings. The molecule has 0 aliphatic heterocycles. The molecule has 96 valence electrons. The highest BCUT2D eigenvalue weighted by molar-refractivity contribution is 5.42. The Kier molecular flexibility index (Phi) is 3.58. The zero-order valence-corrected chi connectivity index (χ0v) is 10.00. The van der Waals surface area contributed by atoms with Gasteiger partial charge in [-0.15, -0.1) is 0 Å². The number of nitrogen functional groups attached to an aromatic ring is 2. The summed E-state index contributed by atoms with van der Waals surface area (Å²) in [6.07, 6.45) is 4.41. The topological polar surface area (TPSA) is 117 Å². The van der Waals surface area contributed by atoms with E-state index in [9.17, 15) is 0 Å². The van der Waals surface area contributed by atoms with E-state index in [1.54, 1.807) is 23.1 Å². The SMILES string of the molecule is CCCn1cc(Oc2cc(NN)nc(N)n2)cn1. The van der Waals surface area contributed by atoms with Crippen LogP contribution in [0.1, 0.15) is 13.3 Å². The van der Waals surface area contributed by atoms with E-state index in [-0.39, 0.29) is 5.95 Å². The van der Waals surface area contributed by atoms with Crippen LogP contribution in [0.3, 0.4) is 0 Å². The van der Waals surface area contributed by atoms with Crippen LogP contribution in [-0.4, -0.2) is 19.7 Å². The molecule has 0 atom stereocenters. The van der Waals surface area contributed by atoms with Crippen LogP contribution in [0.25, 0.3) is 0 Å². The molecule has 0 saturated heterocycles. The Morgan fingerprint density at radius 2 is 2.28 bits per heavy atom. The van der Waals surface area contributed by atoms with Gasteiger partial charge in [-0.2, -0.15) is 15.1 Å². The van der Waals surface area contributed by atoms with Gasteiger partial charge in [0.15, 0.2) is 5.75 Å². The number of hydrogen-bond donors (Lipinski definition) is 3. The van der Waals surface area contributed by atoms with E-state index in [0.29, 0.717) is 17.4 Å². The van der Waals surface area contributed by atoms with Gasteiger partial charge in [-0.05, 0) is 6.42 Å². The van der Waals surface area contributed by atoms with Crippen LogP contribution in [0.5, 0.6) is 11.6 Å². The molecule has 0 aliphatic carbocycles. The minimum Gasteiger partial charge on any atom is -0.435 e. The highest BCUT2D eigenvalue weighted by Crippen LogP contribution is 2.21. The summed E-state index contributed by atoms with van der Waals surface area (Å²) in [5.41, 5.74) is 7.91. The van der Waals surface area contributed by atoms with E-state index in [1.807, 2.05) is 0 Å². The zero-order chi connectivity index (χ0) is 13.0. The summed E-state index contributed by atoms with van der Waals surface area (Å²) in [6, 6.07) is 1.55. The van der Waals surface area contributed by atoms with Crippen LogP contribution in [0.15, 0.2) is 18.5 Å². The number of nitrogens with two attached hydrogens (primary N) is 2. The number of anilines is 2. The second-order valence-corrected chi connectivity index (χ2v) is 3.64. The van der Waals surface area contributed by atoms with Crippen LogP contribution in [0, 0.1) is 0 Å². The molecule has 5 N–H and O–H groups in total. The van der Waals surface area contributed by atoms with Gasteiger partial charge in [0.1, 0.15) is 5.82 Å². The maximum atomic E-state index is 5.52. The first-order valence-corrected chi connectivity index (χ1v) is 5.52. The Labute approximate surface area is 104 Å². The Morgan fingerprint density at radius 1 is 1.44 bits per heavy atom. The molecule has 0 aliphatic rings. The molecule has 8 heteroatoms. The Hall–Kier alpha value is -2.35. The molecule has 0 saturated carbocycles. The van der Waals surface area contributed by atoms with E-state index in [4.69, 9.17) is 16.3 Å². The third kappa shape index (κ3) is 2.86. The fraction of sp³-hybridized carbons (Fsp3) is 0.300. The van der Waals surface area contributed by atoms with Crippen LogP contribution >= 0.6 is 0 Å². The zero-order valence-electron chi connectivity index (χ0n) is 10.00. The van der Waals surface area contributed by atoms with Gasteiger partial charge < -0.3 is 15.9 Å². The third-order valence-corrected chi connectivity index (χ3v) is 2.15. The maximum absolute atomic E-state index is 5.52. The summed E-state index contributed by atoms with van der Waals surface area (Å²) >= 11 is 0. The van der Waals surface area contributed by atoms with Gasteiger partial charge in [0.25, 0.3) is 0 Å². The molecule has 0 unspecified atom stereocenters. The quantitative estimate of drug-likeness (QED) is 0.528. The molecule has 0 fully saturated rings. The van der Waals surface area contributed by atoms with Crippen molar-refractivity contribution in [2.24, 2.45) is 5.84 Å². The van der Waals surface area contributed by atoms with Gasteiger partial charge in [-0.3, -0.25) is 4.68 Å². The van der Waals surface area contributed by atoms with Gasteiger partial charge in [0.2, 0.25) is 11.8 Å². The van der Waals surface area contributed by atoms with E-state index in [0.717, 1.165) is 13.0 Å². The van der Waals surface area contributed by atoms with Crippen molar-refractivity contribution in [3.63, 3.8) is 0 Å². The Balaban J connectivity index is 2.14. The maximum Gasteiger partial charge on any atom is 0.226 e. The van der Waals surface area contributed by atoms with Crippen molar-refractivity contribution >= 4 is 11.8 Å². The largest absolute Gasteiger partial charge is 0.435 e. The first kappa shape index (κ1) is 12.1. The van der Waals surface area contributed by atoms with Crippen molar-refractivity contribution in [1.82, 2.24) is 19.7 Å². The van der Waals surface area contributed by atoms with Gasteiger partial charge in [0.05, 0.1) is 12.4 Å². The summed E-state index contributed by atoms with van der Waals surface area (Å²) in [5, 5.41) is 4.14. The highest BCUT2D eigenvalue weighted by atomic mass is 16.5. The summed E-state index contributed by atoms with van der Waals surface area (Å²) in [4.78, 5) is 7.80. The van der Waals surface area contributed by atoms with Gasteiger partial charge in [-0.25, -0.2) is 5.84 Å². The molecule has 2 aromatic heterocycles. The standard InChI is InChI=1S/C10H15N7O/c1-2-3-17-6-7(5-13-17)18-9-4-8(16-12)14-10(11)15-9/h4-6H,2-3,12H2,1H3,(H3,11,14,15,16). The lowest BCUT2D eigenvalue weighted by atomic mass is 10.5. The Morgan fingerprint density at radius 3 is 3.00 bits per heavy atom. The Bertz CT molecular complexity index is 525. The van der Waals surface area contributed by atoms with Crippen molar-refractivity contribution in [3.8, 4) is 11.6 Å². The predicted octanol–water partition coefficient (Wildman–Crippen LogP) is 0.743. The number of hydrogen-bond acceptors (Lipinski definition) is 7. The summed E-state index contributed by atoms with van der Waals surface area (Å²) < 4.78 is 7.31. The van der Waals surface area contributed by atoms with Crippen molar-refractivity contribution < 1.29 is 4.74 Å². The molecule has 2 rings (SSSR count). The summed E-state index contributed by atoms with van der Waals surface area (Å²) in [7, 11) is 0. The van der Waals surface area contributed by atoms with Crippen molar-refractivity contribution in [1.29, 1.82) is 0 Å². The number of hydrazine groups is 1. The van der Waals surface area contributed by atoms with Crippen molar-refractivity contribution in [2.45, 2.75) is 19.9 Å². The van der Waals surface area contributed by atoms with Gasteiger partial charge in [0, 0.05) is 12.6 Å². The minimum absolute atomic E-state index is 0.0846. The molecular weight excluding hydrogens is 234 g/mol. The second kappa shape index (κ2) is 5.32. The molecular formula is C10H15N7O. The lowest BCUT2D eigenvalue weighted by Gasteiger charge is -2.05. The normalized spacial score (nSPS) is 10.3. The fourth-order valence-corrected chi connectivity index (χ4v) is 1.44. The van der Waals surface area contributed by atoms with E-state index in [2.05, 4.69) is 27.4 Å². The number of ether oxygens (including phenoxy) is 1. The molecule has 0 amide bonds. The number of nitrogens with one attached hydrogen (secondary N) is 1. The average molecular weight is 249 g/mol. The first-order valence-electron chi connectivity index (χ1n) is 5.52. The number of rotatable bonds is 5. The van der Waals surface area contributed by atoms with Crippen molar-refractivity contribution in [2.75, 3.05) is 11.2 Å². The van der Waals surface area contributed by atoms with E-state index < -0.39 is 0 Å². The van der Waals surface area contributed by atoms with Gasteiger partial charge in [-0.1, -0.05) is 6.92 Å². The third-order valence-electron chi connectivity index (χ3n) is 2.15. The lowest BCUT2D eigenvalue weighted by Crippen LogP contribution is -2.10. The summed E-state index contributed by atoms with van der Waals surface area (Å²) in [5.74, 6) is 6.63. The molecule has 8 nitrogen and oxygen atoms in total. The second-order valence-electron chi connectivity index (χ2n) is 3.64. The molecule has 18 heavy (non-hydrogen) atoms. The van der Waals surface area contributed by atoms with E-state index >= 15 is 0 Å². The van der Waals surface area contributed by atoms with E-state index in [1.165, 1.54) is 0 Å². The average Bonchev–Trinajstić information content (AvgIpc) is 2.76. The number of nitrogens with zero attached hydrogens (tertiary/aromatic N) is 4. The monoisotopic (exact) mass is 249 g/mol. The number of aryl methyl sites for hydroxylation is 1. The molecule has 0 bridgehead atoms. The fourth-order valence-electron chi connectivity index (χ4n) is 1.44. The minimum atomic E-state index is 0.0846. The number of aromatic nitrogens is 4. The van der Waals surface area contributed by atoms with Crippen LogP contribution in [-0.2, 0) is 6.54 Å². The molecule has 2 heterocycles. The summed E-state index contributed by atoms with van der Waals surface area (Å²) in [6.45, 7) is 2.91. The van der Waals surface area contributed by atoms with Crippen LogP contribution in [0.4, 0.5) is 11.8 Å². The molecule has 0 aromatic carbocycles. The van der Waals surface area contributed by atoms with Crippen LogP contribution < -0.4 is 21.7 Å². The first-order chi connectivity index (χ1) is 8.71. The highest BCUT2D eigenvalue weighted by Gasteiger charge is 2.05. The predicted molar refractivity (Wildman–Crippen MR) is 66.8 cm³/mol. The van der Waals surface area contributed by atoms with Crippen LogP contribution in [0.2, 0.25) is 0 Å². The van der Waals surface area contributed by atoms with Gasteiger partial charge >= 0.3 is 0 Å². The molecule has 0 radical (unpaired) electrons. The lowest BCUT2D eigenvalue weighted by molar-refractivity contribution is 0.461.